The van der Waals surface area contributed by atoms with Crippen molar-refractivity contribution in [1.82, 2.24) is 9.97 Å². The minimum Gasteiger partial charge on any atom is -0.366 e. The van der Waals surface area contributed by atoms with E-state index >= 15 is 0 Å². The van der Waals surface area contributed by atoms with Crippen molar-refractivity contribution < 1.29 is 17.6 Å². The molecule has 7 nitrogen and oxygen atoms in total. The summed E-state index contributed by atoms with van der Waals surface area (Å²) in [6.45, 7) is 1.63. The van der Waals surface area contributed by atoms with Crippen LogP contribution >= 0.6 is 0 Å². The molecule has 2 aromatic rings. The molecular weight excluding hydrogens is 347 g/mol. The van der Waals surface area contributed by atoms with Gasteiger partial charge in [0, 0.05) is 17.8 Å². The molecule has 0 aliphatic carbocycles. The van der Waals surface area contributed by atoms with Gasteiger partial charge in [-0.2, -0.15) is 0 Å². The van der Waals surface area contributed by atoms with Crippen LogP contribution in [0.15, 0.2) is 30.3 Å². The molecule has 2 N–H and O–H groups in total. The fourth-order valence-corrected chi connectivity index (χ4v) is 4.31. The van der Waals surface area contributed by atoms with E-state index in [0.29, 0.717) is 23.8 Å². The van der Waals surface area contributed by atoms with Crippen molar-refractivity contribution in [3.05, 3.63) is 47.7 Å². The zero-order chi connectivity index (χ0) is 18.0. The molecule has 25 heavy (non-hydrogen) atoms. The lowest BCUT2D eigenvalue weighted by Crippen LogP contribution is -2.22. The number of hydrogen-bond donors (Lipinski definition) is 2. The third kappa shape index (κ3) is 4.50. The van der Waals surface area contributed by atoms with Crippen LogP contribution in [0.5, 0.6) is 0 Å². The monoisotopic (exact) mass is 364 g/mol. The normalized spacial score (nSPS) is 18.7. The van der Waals surface area contributed by atoms with Gasteiger partial charge in [0.05, 0.1) is 11.5 Å². The highest BCUT2D eigenvalue weighted by Crippen LogP contribution is 2.17. The van der Waals surface area contributed by atoms with E-state index in [4.69, 9.17) is 0 Å². The summed E-state index contributed by atoms with van der Waals surface area (Å²) in [5.74, 6) is -0.0170. The van der Waals surface area contributed by atoms with E-state index in [1.807, 2.05) is 0 Å². The summed E-state index contributed by atoms with van der Waals surface area (Å²) in [6.07, 6.45) is 0.496. The number of sulfone groups is 1. The van der Waals surface area contributed by atoms with E-state index < -0.39 is 21.6 Å². The second kappa shape index (κ2) is 6.75. The summed E-state index contributed by atoms with van der Waals surface area (Å²) >= 11 is 0. The van der Waals surface area contributed by atoms with Crippen LogP contribution in [-0.4, -0.2) is 41.8 Å². The van der Waals surface area contributed by atoms with E-state index in [1.165, 1.54) is 24.3 Å². The lowest BCUT2D eigenvalue weighted by atomic mass is 10.2. The predicted molar refractivity (Wildman–Crippen MR) is 91.8 cm³/mol. The maximum Gasteiger partial charge on any atom is 0.274 e. The Morgan fingerprint density at radius 3 is 2.76 bits per heavy atom. The number of hydrogen-bond acceptors (Lipinski definition) is 6. The smallest absolute Gasteiger partial charge is 0.274 e. The van der Waals surface area contributed by atoms with Gasteiger partial charge in [-0.05, 0) is 31.5 Å². The molecule has 1 saturated heterocycles. The Labute approximate surface area is 144 Å². The van der Waals surface area contributed by atoms with E-state index in [2.05, 4.69) is 20.6 Å². The van der Waals surface area contributed by atoms with Gasteiger partial charge in [-0.15, -0.1) is 0 Å². The third-order valence-corrected chi connectivity index (χ3v) is 5.51. The number of nitrogens with one attached hydrogen (secondary N) is 2. The minimum absolute atomic E-state index is 0.0425. The Morgan fingerprint density at radius 2 is 2.08 bits per heavy atom. The average Bonchev–Trinajstić information content (AvgIpc) is 2.85. The van der Waals surface area contributed by atoms with Gasteiger partial charge in [-0.25, -0.2) is 22.8 Å². The molecule has 0 saturated carbocycles. The molecule has 1 atom stereocenters. The standard InChI is InChI=1S/C16H17FN4O3S/c1-10-18-14(16(22)21-12-4-2-3-11(17)7-12)8-15(19-10)20-13-5-6-25(23,24)9-13/h2-4,7-8,13H,5-6,9H2,1H3,(H,21,22)(H,18,19,20). The molecule has 1 aromatic carbocycles. The molecule has 9 heteroatoms. The maximum atomic E-state index is 13.2. The summed E-state index contributed by atoms with van der Waals surface area (Å²) in [6, 6.07) is 6.75. The second-order valence-corrected chi connectivity index (χ2v) is 8.12. The maximum absolute atomic E-state index is 13.2. The van der Waals surface area contributed by atoms with Crippen molar-refractivity contribution >= 4 is 27.2 Å². The Balaban J connectivity index is 1.75. The number of benzene rings is 1. The van der Waals surface area contributed by atoms with Crippen molar-refractivity contribution in [3.8, 4) is 0 Å². The van der Waals surface area contributed by atoms with Gasteiger partial charge in [0.2, 0.25) is 0 Å². The number of anilines is 2. The molecule has 1 aliphatic heterocycles. The summed E-state index contributed by atoms with van der Waals surface area (Å²) in [5, 5.41) is 5.60. The predicted octanol–water partition coefficient (Wildman–Crippen LogP) is 1.78. The number of carbonyl (C=O) groups excluding carboxylic acids is 1. The molecule has 2 heterocycles. The number of amides is 1. The topological polar surface area (TPSA) is 101 Å². The first-order valence-corrected chi connectivity index (χ1v) is 9.52. The number of aryl methyl sites for hydroxylation is 1. The highest BCUT2D eigenvalue weighted by atomic mass is 32.2. The number of carbonyl (C=O) groups is 1. The molecular formula is C16H17FN4O3S. The number of aromatic nitrogens is 2. The van der Waals surface area contributed by atoms with Crippen molar-refractivity contribution in [1.29, 1.82) is 0 Å². The van der Waals surface area contributed by atoms with Gasteiger partial charge in [0.1, 0.15) is 23.2 Å². The molecule has 3 rings (SSSR count). The molecule has 0 radical (unpaired) electrons. The highest BCUT2D eigenvalue weighted by Gasteiger charge is 2.28. The number of halogens is 1. The van der Waals surface area contributed by atoms with E-state index in [-0.39, 0.29) is 23.2 Å². The molecule has 0 bridgehead atoms. The summed E-state index contributed by atoms with van der Waals surface area (Å²) < 4.78 is 36.3. The van der Waals surface area contributed by atoms with E-state index in [9.17, 15) is 17.6 Å². The van der Waals surface area contributed by atoms with Crippen LogP contribution < -0.4 is 10.6 Å². The van der Waals surface area contributed by atoms with Crippen molar-refractivity contribution in [2.75, 3.05) is 22.1 Å². The van der Waals surface area contributed by atoms with Crippen LogP contribution in [0.4, 0.5) is 15.9 Å². The first kappa shape index (κ1) is 17.3. The van der Waals surface area contributed by atoms with E-state index in [0.717, 1.165) is 0 Å². The zero-order valence-corrected chi connectivity index (χ0v) is 14.3. The fourth-order valence-electron chi connectivity index (χ4n) is 2.64. The van der Waals surface area contributed by atoms with Gasteiger partial charge in [-0.1, -0.05) is 6.07 Å². The first-order valence-electron chi connectivity index (χ1n) is 7.70. The molecule has 1 fully saturated rings. The zero-order valence-electron chi connectivity index (χ0n) is 13.5. The van der Waals surface area contributed by atoms with Gasteiger partial charge in [0.15, 0.2) is 9.84 Å². The van der Waals surface area contributed by atoms with Crippen LogP contribution in [0, 0.1) is 12.7 Å². The van der Waals surface area contributed by atoms with Crippen LogP contribution in [0.2, 0.25) is 0 Å². The SMILES string of the molecule is Cc1nc(NC2CCS(=O)(=O)C2)cc(C(=O)Nc2cccc(F)c2)n1. The van der Waals surface area contributed by atoms with Gasteiger partial charge < -0.3 is 10.6 Å². The Kier molecular flexibility index (Phi) is 4.67. The summed E-state index contributed by atoms with van der Waals surface area (Å²) in [7, 11) is -3.02. The van der Waals surface area contributed by atoms with Crippen LogP contribution in [0.1, 0.15) is 22.7 Å². The largest absolute Gasteiger partial charge is 0.366 e. The molecule has 1 aliphatic rings. The van der Waals surface area contributed by atoms with E-state index in [1.54, 1.807) is 13.0 Å². The Hall–Kier alpha value is -2.55. The van der Waals surface area contributed by atoms with Crippen molar-refractivity contribution in [3.63, 3.8) is 0 Å². The van der Waals surface area contributed by atoms with Gasteiger partial charge in [-0.3, -0.25) is 4.79 Å². The molecule has 1 aromatic heterocycles. The lowest BCUT2D eigenvalue weighted by molar-refractivity contribution is 0.102. The van der Waals surface area contributed by atoms with Crippen molar-refractivity contribution in [2.45, 2.75) is 19.4 Å². The molecule has 1 amide bonds. The minimum atomic E-state index is -3.02. The average molecular weight is 364 g/mol. The summed E-state index contributed by atoms with van der Waals surface area (Å²) in [5.41, 5.74) is 0.428. The molecule has 132 valence electrons. The lowest BCUT2D eigenvalue weighted by Gasteiger charge is -2.13. The van der Waals surface area contributed by atoms with Gasteiger partial charge in [0.25, 0.3) is 5.91 Å². The quantitative estimate of drug-likeness (QED) is 0.858. The second-order valence-electron chi connectivity index (χ2n) is 5.89. The number of nitrogens with zero attached hydrogens (tertiary/aromatic N) is 2. The Bertz CT molecular complexity index is 917. The number of rotatable bonds is 4. The highest BCUT2D eigenvalue weighted by molar-refractivity contribution is 7.91. The summed E-state index contributed by atoms with van der Waals surface area (Å²) in [4.78, 5) is 20.6. The van der Waals surface area contributed by atoms with Crippen molar-refractivity contribution in [2.24, 2.45) is 0 Å². The van der Waals surface area contributed by atoms with Crippen LogP contribution in [0.25, 0.3) is 0 Å². The third-order valence-electron chi connectivity index (χ3n) is 3.74. The Morgan fingerprint density at radius 1 is 1.28 bits per heavy atom. The first-order chi connectivity index (χ1) is 11.8. The molecule has 0 spiro atoms. The molecule has 1 unspecified atom stereocenters. The van der Waals surface area contributed by atoms with Gasteiger partial charge >= 0.3 is 0 Å². The van der Waals surface area contributed by atoms with Crippen LogP contribution in [-0.2, 0) is 9.84 Å². The van der Waals surface area contributed by atoms with Crippen LogP contribution in [0.3, 0.4) is 0 Å². The fraction of sp³-hybridized carbons (Fsp3) is 0.312.